The Kier molecular flexibility index (Phi) is 4.78. The lowest BCUT2D eigenvalue weighted by atomic mass is 9.48. The predicted octanol–water partition coefficient (Wildman–Crippen LogP) is 0.748. The van der Waals surface area contributed by atoms with Gasteiger partial charge >= 0.3 is 29.8 Å². The van der Waals surface area contributed by atoms with Gasteiger partial charge in [-0.15, -0.1) is 0 Å². The van der Waals surface area contributed by atoms with E-state index in [2.05, 4.69) is 0 Å². The summed E-state index contributed by atoms with van der Waals surface area (Å²) in [5.74, 6) is -19.3. The van der Waals surface area contributed by atoms with E-state index < -0.39 is 52.8 Å². The molecule has 12 heteroatoms. The topological polar surface area (TPSA) is 119 Å². The molecule has 4 aliphatic carbocycles. The van der Waals surface area contributed by atoms with Crippen LogP contribution in [0.4, 0.5) is 17.6 Å². The van der Waals surface area contributed by atoms with Crippen LogP contribution in [-0.4, -0.2) is 54.0 Å². The fourth-order valence-electron chi connectivity index (χ4n) is 5.89. The first-order valence-corrected chi connectivity index (χ1v) is 9.89. The van der Waals surface area contributed by atoms with E-state index in [1.165, 1.54) is 0 Å². The molecule has 5 rings (SSSR count). The molecule has 8 nitrogen and oxygen atoms in total. The number of aliphatic carboxylic acids is 1. The zero-order valence-corrected chi connectivity index (χ0v) is 16.2. The highest BCUT2D eigenvalue weighted by Gasteiger charge is 2.68. The van der Waals surface area contributed by atoms with Crippen molar-refractivity contribution < 1.29 is 56.1 Å². The molecule has 0 aromatic heterocycles. The number of rotatable bonds is 6. The summed E-state index contributed by atoms with van der Waals surface area (Å²) in [4.78, 5) is 47.0. The first kappa shape index (κ1) is 21.8. The molecular formula is C19H19F4O8-. The van der Waals surface area contributed by atoms with Crippen LogP contribution in [0.15, 0.2) is 0 Å². The number of carboxylic acid groups (broad SMARTS) is 1. The maximum absolute atomic E-state index is 13.9. The van der Waals surface area contributed by atoms with Crippen molar-refractivity contribution in [3.8, 4) is 0 Å². The largest absolute Gasteiger partial charge is 0.544 e. The highest BCUT2D eigenvalue weighted by Crippen LogP contribution is 2.63. The minimum Gasteiger partial charge on any atom is -0.544 e. The van der Waals surface area contributed by atoms with E-state index in [-0.39, 0.29) is 44.1 Å². The van der Waals surface area contributed by atoms with Gasteiger partial charge in [-0.2, -0.15) is 17.6 Å². The number of esters is 3. The summed E-state index contributed by atoms with van der Waals surface area (Å²) in [7, 11) is 0. The van der Waals surface area contributed by atoms with Crippen molar-refractivity contribution in [2.45, 2.75) is 68.5 Å². The fraction of sp³-hybridized carbons (Fsp3) is 0.789. The van der Waals surface area contributed by atoms with Gasteiger partial charge in [0.25, 0.3) is 0 Å². The number of carboxylic acids is 1. The summed E-state index contributed by atoms with van der Waals surface area (Å²) >= 11 is 0. The highest BCUT2D eigenvalue weighted by molar-refractivity contribution is 5.88. The van der Waals surface area contributed by atoms with Crippen molar-refractivity contribution in [1.29, 1.82) is 0 Å². The molecule has 31 heavy (non-hydrogen) atoms. The second-order valence-electron chi connectivity index (χ2n) is 9.10. The molecule has 5 fully saturated rings. The van der Waals surface area contributed by atoms with Gasteiger partial charge in [-0.3, -0.25) is 4.79 Å². The molecular weight excluding hydrogens is 432 g/mol. The minimum absolute atomic E-state index is 0.0860. The number of carbonyl (C=O) groups excluding carboxylic acids is 4. The Balaban J connectivity index is 1.55. The van der Waals surface area contributed by atoms with Crippen molar-refractivity contribution in [2.75, 3.05) is 6.61 Å². The van der Waals surface area contributed by atoms with Crippen LogP contribution in [0.25, 0.3) is 0 Å². The number of alkyl halides is 4. The van der Waals surface area contributed by atoms with Crippen LogP contribution in [0.3, 0.4) is 0 Å². The molecule has 0 radical (unpaired) electrons. The predicted molar refractivity (Wildman–Crippen MR) is 86.3 cm³/mol. The smallest absolute Gasteiger partial charge is 0.410 e. The van der Waals surface area contributed by atoms with E-state index in [9.17, 15) is 41.8 Å². The molecule has 0 spiro atoms. The summed E-state index contributed by atoms with van der Waals surface area (Å²) < 4.78 is 69.5. The monoisotopic (exact) mass is 451 g/mol. The average Bonchev–Trinajstić information content (AvgIpc) is 3.04. The van der Waals surface area contributed by atoms with Crippen LogP contribution in [0.5, 0.6) is 0 Å². The van der Waals surface area contributed by atoms with Crippen molar-refractivity contribution in [1.82, 2.24) is 0 Å². The van der Waals surface area contributed by atoms with E-state index in [0.717, 1.165) is 0 Å². The lowest BCUT2D eigenvalue weighted by molar-refractivity contribution is -0.347. The van der Waals surface area contributed by atoms with Gasteiger partial charge in [0.2, 0.25) is 6.10 Å². The number of halogens is 4. The van der Waals surface area contributed by atoms with E-state index in [4.69, 9.17) is 14.2 Å². The highest BCUT2D eigenvalue weighted by atomic mass is 19.3. The van der Waals surface area contributed by atoms with E-state index in [0.29, 0.717) is 19.3 Å². The zero-order valence-electron chi connectivity index (χ0n) is 16.2. The number of ether oxygens (including phenoxy) is 3. The molecule has 0 aromatic rings. The van der Waals surface area contributed by atoms with Crippen molar-refractivity contribution in [2.24, 2.45) is 17.3 Å². The lowest BCUT2D eigenvalue weighted by Crippen LogP contribution is -2.63. The van der Waals surface area contributed by atoms with Crippen LogP contribution < -0.4 is 5.11 Å². The number of hydrogen-bond acceptors (Lipinski definition) is 8. The van der Waals surface area contributed by atoms with Gasteiger partial charge in [-0.25, -0.2) is 9.59 Å². The molecule has 0 aromatic carbocycles. The number of hydrogen-bond donors (Lipinski definition) is 0. The second kappa shape index (κ2) is 6.80. The molecule has 1 heterocycles. The summed E-state index contributed by atoms with van der Waals surface area (Å²) in [5, 5.41) is 10.4. The normalized spacial score (nSPS) is 36.8. The SMILES string of the molecule is O=C1OCCC1OC(=O)C12CC3CC(CC(OC(=O)C(F)(F)C(F)(F)C(=O)[O-])(C3)C1)C2. The summed E-state index contributed by atoms with van der Waals surface area (Å²) in [6, 6.07) is 0. The minimum atomic E-state index is -5.76. The van der Waals surface area contributed by atoms with Gasteiger partial charge in [0.05, 0.1) is 12.0 Å². The summed E-state index contributed by atoms with van der Waals surface area (Å²) in [6.07, 6.45) is 0.343. The molecule has 172 valence electrons. The van der Waals surface area contributed by atoms with Gasteiger partial charge < -0.3 is 24.1 Å². The van der Waals surface area contributed by atoms with Gasteiger partial charge in [-0.1, -0.05) is 0 Å². The molecule has 0 N–H and O–H groups in total. The van der Waals surface area contributed by atoms with Crippen LogP contribution in [0.1, 0.15) is 44.9 Å². The third kappa shape index (κ3) is 3.34. The summed E-state index contributed by atoms with van der Waals surface area (Å²) in [5.41, 5.74) is -2.83. The standard InChI is InChI=1S/C19H20F4O8/c20-18(21,13(25)26)19(22,23)15(28)31-17-6-9-3-10(7-17)5-16(4-9,8-17)14(27)30-11-1-2-29-12(11)24/h9-11H,1-8H2,(H,25,26)/p-1. The Bertz CT molecular complexity index is 827. The van der Waals surface area contributed by atoms with Gasteiger partial charge in [0.15, 0.2) is 0 Å². The van der Waals surface area contributed by atoms with Crippen LogP contribution >= 0.6 is 0 Å². The maximum atomic E-state index is 13.9. The van der Waals surface area contributed by atoms with Crippen LogP contribution in [0, 0.1) is 17.3 Å². The quantitative estimate of drug-likeness (QED) is 0.330. The van der Waals surface area contributed by atoms with E-state index in [1.807, 2.05) is 0 Å². The molecule has 1 saturated heterocycles. The Labute approximate surface area is 173 Å². The Hall–Kier alpha value is -2.40. The van der Waals surface area contributed by atoms with Crippen LogP contribution in [-0.2, 0) is 33.4 Å². The lowest BCUT2D eigenvalue weighted by Gasteiger charge is -2.59. The Morgan fingerprint density at radius 3 is 2.16 bits per heavy atom. The molecule has 0 amide bonds. The molecule has 3 atom stereocenters. The third-order valence-corrected chi connectivity index (χ3v) is 6.79. The first-order valence-electron chi connectivity index (χ1n) is 9.89. The Morgan fingerprint density at radius 2 is 1.65 bits per heavy atom. The third-order valence-electron chi connectivity index (χ3n) is 6.79. The molecule has 3 unspecified atom stereocenters. The van der Waals surface area contributed by atoms with Crippen LogP contribution in [0.2, 0.25) is 0 Å². The Morgan fingerprint density at radius 1 is 1.03 bits per heavy atom. The van der Waals surface area contributed by atoms with Gasteiger partial charge in [0, 0.05) is 12.8 Å². The number of cyclic esters (lactones) is 1. The van der Waals surface area contributed by atoms with Gasteiger partial charge in [0.1, 0.15) is 11.6 Å². The number of carbonyl (C=O) groups is 4. The van der Waals surface area contributed by atoms with E-state index in [1.54, 1.807) is 0 Å². The molecule has 4 bridgehead atoms. The van der Waals surface area contributed by atoms with Gasteiger partial charge in [-0.05, 0) is 43.9 Å². The molecule has 4 saturated carbocycles. The van der Waals surface area contributed by atoms with Crippen molar-refractivity contribution in [3.05, 3.63) is 0 Å². The first-order chi connectivity index (χ1) is 14.3. The zero-order chi connectivity index (χ0) is 22.8. The van der Waals surface area contributed by atoms with Crippen molar-refractivity contribution >= 4 is 23.9 Å². The average molecular weight is 451 g/mol. The van der Waals surface area contributed by atoms with E-state index >= 15 is 0 Å². The molecule has 5 aliphatic rings. The summed E-state index contributed by atoms with van der Waals surface area (Å²) in [6.45, 7) is 0.0955. The molecule has 1 aliphatic heterocycles. The fourth-order valence-corrected chi connectivity index (χ4v) is 5.89. The maximum Gasteiger partial charge on any atom is 0.410 e. The second-order valence-corrected chi connectivity index (χ2v) is 9.10. The van der Waals surface area contributed by atoms with Crippen molar-refractivity contribution in [3.63, 3.8) is 0 Å².